The van der Waals surface area contributed by atoms with Gasteiger partial charge in [-0.1, -0.05) is 53.4 Å². The van der Waals surface area contributed by atoms with Crippen LogP contribution in [0.15, 0.2) is 5.16 Å². The maximum atomic E-state index is 8.74. The van der Waals surface area contributed by atoms with Crippen molar-refractivity contribution >= 4 is 6.21 Å². The molecule has 0 aromatic heterocycles. The van der Waals surface area contributed by atoms with Crippen LogP contribution in [0.3, 0.4) is 0 Å². The van der Waals surface area contributed by atoms with Crippen LogP contribution < -0.4 is 0 Å². The van der Waals surface area contributed by atoms with Gasteiger partial charge >= 0.3 is 0 Å². The Bertz CT molecular complexity index is 587. The summed E-state index contributed by atoms with van der Waals surface area (Å²) in [6.07, 6.45) is 20.6. The average Bonchev–Trinajstić information content (AvgIpc) is 3.05. The second-order valence-corrected chi connectivity index (χ2v) is 12.3. The molecule has 4 rings (SSSR count). The molecule has 0 radical (unpaired) electrons. The van der Waals surface area contributed by atoms with Gasteiger partial charge in [-0.25, -0.2) is 0 Å². The molecule has 0 aromatic rings. The van der Waals surface area contributed by atoms with Gasteiger partial charge in [0.2, 0.25) is 0 Å². The van der Waals surface area contributed by atoms with Crippen LogP contribution in [0.25, 0.3) is 0 Å². The van der Waals surface area contributed by atoms with Gasteiger partial charge in [0.25, 0.3) is 0 Å². The van der Waals surface area contributed by atoms with Crippen molar-refractivity contribution in [3.8, 4) is 0 Å². The second kappa shape index (κ2) is 8.54. The lowest BCUT2D eigenvalue weighted by Gasteiger charge is -2.61. The molecule has 0 bridgehead atoms. The van der Waals surface area contributed by atoms with Gasteiger partial charge in [0.15, 0.2) is 0 Å². The Kier molecular flexibility index (Phi) is 6.39. The Morgan fingerprint density at radius 2 is 1.69 bits per heavy atom. The van der Waals surface area contributed by atoms with E-state index in [0.29, 0.717) is 16.7 Å². The maximum Gasteiger partial charge on any atom is 0.0464 e. The normalized spacial score (nSPS) is 46.7. The molecule has 0 heterocycles. The summed E-state index contributed by atoms with van der Waals surface area (Å²) in [4.78, 5) is 0. The highest BCUT2D eigenvalue weighted by molar-refractivity contribution is 5.59. The van der Waals surface area contributed by atoms with Crippen LogP contribution in [0, 0.1) is 52.3 Å². The van der Waals surface area contributed by atoms with Gasteiger partial charge in [0.05, 0.1) is 0 Å². The van der Waals surface area contributed by atoms with Crippen molar-refractivity contribution in [2.24, 2.45) is 57.4 Å². The number of rotatable bonds is 6. The van der Waals surface area contributed by atoms with E-state index in [1.54, 1.807) is 12.6 Å². The molecule has 2 nitrogen and oxygen atoms in total. The highest BCUT2D eigenvalue weighted by Crippen LogP contribution is 2.68. The number of nitrogens with zero attached hydrogens (tertiary/aromatic N) is 1. The monoisotopic (exact) mass is 401 g/mol. The van der Waals surface area contributed by atoms with Crippen LogP contribution in [0.2, 0.25) is 0 Å². The summed E-state index contributed by atoms with van der Waals surface area (Å²) in [7, 11) is 0. The highest BCUT2D eigenvalue weighted by atomic mass is 16.4. The van der Waals surface area contributed by atoms with E-state index in [-0.39, 0.29) is 0 Å². The molecular weight excluding hydrogens is 354 g/mol. The van der Waals surface area contributed by atoms with Gasteiger partial charge in [0, 0.05) is 6.21 Å². The minimum atomic E-state index is 0.404. The number of hydrogen-bond donors (Lipinski definition) is 1. The Morgan fingerprint density at radius 1 is 0.897 bits per heavy atom. The van der Waals surface area contributed by atoms with Crippen molar-refractivity contribution in [3.05, 3.63) is 0 Å². The van der Waals surface area contributed by atoms with Crippen molar-refractivity contribution in [2.45, 2.75) is 111 Å². The van der Waals surface area contributed by atoms with Crippen molar-refractivity contribution < 1.29 is 5.21 Å². The lowest BCUT2D eigenvalue weighted by molar-refractivity contribution is -0.114. The third-order valence-corrected chi connectivity index (χ3v) is 11.0. The predicted octanol–water partition coefficient (Wildman–Crippen LogP) is 7.94. The Balaban J connectivity index is 1.41. The van der Waals surface area contributed by atoms with E-state index in [0.717, 1.165) is 41.9 Å². The van der Waals surface area contributed by atoms with E-state index in [9.17, 15) is 0 Å². The Morgan fingerprint density at radius 3 is 2.48 bits per heavy atom. The number of hydrogen-bond acceptors (Lipinski definition) is 2. The summed E-state index contributed by atoms with van der Waals surface area (Å²) in [6.45, 7) is 10.1. The van der Waals surface area contributed by atoms with Crippen molar-refractivity contribution in [1.82, 2.24) is 0 Å². The molecule has 166 valence electrons. The molecule has 0 spiro atoms. The molecule has 0 aromatic carbocycles. The predicted molar refractivity (Wildman–Crippen MR) is 122 cm³/mol. The average molecular weight is 402 g/mol. The molecule has 9 atom stereocenters. The van der Waals surface area contributed by atoms with Gasteiger partial charge < -0.3 is 5.21 Å². The topological polar surface area (TPSA) is 32.6 Å². The summed E-state index contributed by atoms with van der Waals surface area (Å²) in [5.41, 5.74) is 1.28. The molecular formula is C27H47NO. The summed E-state index contributed by atoms with van der Waals surface area (Å²) in [6, 6.07) is 0. The Labute approximate surface area is 180 Å². The molecule has 29 heavy (non-hydrogen) atoms. The molecule has 0 amide bonds. The van der Waals surface area contributed by atoms with Crippen LogP contribution in [-0.2, 0) is 0 Å². The van der Waals surface area contributed by atoms with Crippen LogP contribution in [0.5, 0.6) is 0 Å². The molecule has 9 unspecified atom stereocenters. The zero-order chi connectivity index (χ0) is 20.6. The van der Waals surface area contributed by atoms with E-state index >= 15 is 0 Å². The van der Waals surface area contributed by atoms with Crippen LogP contribution in [0.4, 0.5) is 0 Å². The van der Waals surface area contributed by atoms with E-state index < -0.39 is 0 Å². The first kappa shape index (κ1) is 21.7. The fourth-order valence-electron chi connectivity index (χ4n) is 9.42. The SMILES string of the molecule is CC(C=NO)CCCC(C)C1CCC2C3CCC4CCCCC4(C)C3CCC12C. The van der Waals surface area contributed by atoms with E-state index in [4.69, 9.17) is 5.21 Å². The fourth-order valence-corrected chi connectivity index (χ4v) is 9.42. The molecule has 4 aliphatic rings. The molecule has 4 fully saturated rings. The van der Waals surface area contributed by atoms with Crippen molar-refractivity contribution in [3.63, 3.8) is 0 Å². The van der Waals surface area contributed by atoms with Crippen molar-refractivity contribution in [1.29, 1.82) is 0 Å². The van der Waals surface area contributed by atoms with Gasteiger partial charge in [-0.15, -0.1) is 5.16 Å². The van der Waals surface area contributed by atoms with Gasteiger partial charge in [-0.3, -0.25) is 0 Å². The van der Waals surface area contributed by atoms with Crippen LogP contribution >= 0.6 is 0 Å². The van der Waals surface area contributed by atoms with Crippen LogP contribution in [0.1, 0.15) is 111 Å². The summed E-state index contributed by atoms with van der Waals surface area (Å²) >= 11 is 0. The summed E-state index contributed by atoms with van der Waals surface area (Å²) < 4.78 is 0. The number of oxime groups is 1. The Hall–Kier alpha value is -0.530. The fraction of sp³-hybridized carbons (Fsp3) is 0.963. The first-order valence-corrected chi connectivity index (χ1v) is 13.1. The van der Waals surface area contributed by atoms with Gasteiger partial charge in [0.1, 0.15) is 0 Å². The summed E-state index contributed by atoms with van der Waals surface area (Å²) in [5.74, 6) is 6.31. The largest absolute Gasteiger partial charge is 0.411 e. The zero-order valence-electron chi connectivity index (χ0n) is 19.7. The van der Waals surface area contributed by atoms with Gasteiger partial charge in [-0.05, 0) is 110 Å². The molecule has 2 heteroatoms. The van der Waals surface area contributed by atoms with E-state index in [1.807, 2.05) is 0 Å². The van der Waals surface area contributed by atoms with E-state index in [2.05, 4.69) is 32.9 Å². The molecule has 4 aliphatic carbocycles. The molecule has 4 saturated carbocycles. The lowest BCUT2D eigenvalue weighted by Crippen LogP contribution is -2.53. The minimum absolute atomic E-state index is 0.404. The van der Waals surface area contributed by atoms with Gasteiger partial charge in [-0.2, -0.15) is 0 Å². The van der Waals surface area contributed by atoms with E-state index in [1.165, 1.54) is 70.6 Å². The standard InChI is InChI=1S/C27H47NO/c1-19(18-28-29)8-7-9-20(2)23-13-14-24-22-12-11-21-10-5-6-16-26(21,3)25(22)15-17-27(23,24)4/h18-25,29H,5-17H2,1-4H3. The molecule has 1 N–H and O–H groups in total. The molecule has 0 aliphatic heterocycles. The lowest BCUT2D eigenvalue weighted by atomic mass is 9.44. The second-order valence-electron chi connectivity index (χ2n) is 12.3. The smallest absolute Gasteiger partial charge is 0.0464 e. The third-order valence-electron chi connectivity index (χ3n) is 11.0. The first-order chi connectivity index (χ1) is 13.9. The van der Waals surface area contributed by atoms with Crippen molar-refractivity contribution in [2.75, 3.05) is 0 Å². The first-order valence-electron chi connectivity index (χ1n) is 13.1. The zero-order valence-corrected chi connectivity index (χ0v) is 19.7. The number of fused-ring (bicyclic) bond motifs is 5. The minimum Gasteiger partial charge on any atom is -0.411 e. The third kappa shape index (κ3) is 3.80. The maximum absolute atomic E-state index is 8.74. The van der Waals surface area contributed by atoms with Crippen LogP contribution in [-0.4, -0.2) is 11.4 Å². The highest BCUT2D eigenvalue weighted by Gasteiger charge is 2.59. The quantitative estimate of drug-likeness (QED) is 0.273. The summed E-state index contributed by atoms with van der Waals surface area (Å²) in [5, 5.41) is 12.0. The molecule has 0 saturated heterocycles.